The van der Waals surface area contributed by atoms with E-state index in [1.807, 2.05) is 0 Å². The molecule has 0 bridgehead atoms. The van der Waals surface area contributed by atoms with Crippen molar-refractivity contribution < 1.29 is 0 Å². The van der Waals surface area contributed by atoms with Gasteiger partial charge in [-0.15, -0.1) is 12.3 Å². The predicted molar refractivity (Wildman–Crippen MR) is 70.3 cm³/mol. The van der Waals surface area contributed by atoms with Crippen molar-refractivity contribution in [3.8, 4) is 12.3 Å². The second kappa shape index (κ2) is 6.27. The number of nitrogens with one attached hydrogen (secondary N) is 1. The molecule has 1 aliphatic rings. The van der Waals surface area contributed by atoms with Crippen LogP contribution in [0.25, 0.3) is 0 Å². The molecule has 1 fully saturated rings. The Morgan fingerprint density at radius 1 is 1.44 bits per heavy atom. The highest BCUT2D eigenvalue weighted by Crippen LogP contribution is 2.20. The van der Waals surface area contributed by atoms with Crippen LogP contribution in [0.15, 0.2) is 0 Å². The summed E-state index contributed by atoms with van der Waals surface area (Å²) in [6.07, 6.45) is 7.49. The summed E-state index contributed by atoms with van der Waals surface area (Å²) in [4.78, 5) is 2.61. The van der Waals surface area contributed by atoms with Crippen LogP contribution >= 0.6 is 0 Å². The highest BCUT2D eigenvalue weighted by atomic mass is 15.3. The molecule has 2 nitrogen and oxygen atoms in total. The van der Waals surface area contributed by atoms with Crippen LogP contribution < -0.4 is 5.32 Å². The topological polar surface area (TPSA) is 15.3 Å². The van der Waals surface area contributed by atoms with E-state index in [4.69, 9.17) is 6.42 Å². The van der Waals surface area contributed by atoms with Gasteiger partial charge in [0.25, 0.3) is 0 Å². The molecular formula is C14H26N2. The van der Waals surface area contributed by atoms with Crippen LogP contribution in [0.4, 0.5) is 0 Å². The smallest absolute Gasteiger partial charge is 0.0247 e. The maximum absolute atomic E-state index is 5.43. The Morgan fingerprint density at radius 2 is 2.12 bits per heavy atom. The molecule has 92 valence electrons. The fourth-order valence-electron chi connectivity index (χ4n) is 2.55. The van der Waals surface area contributed by atoms with Gasteiger partial charge in [-0.1, -0.05) is 20.8 Å². The van der Waals surface area contributed by atoms with Gasteiger partial charge >= 0.3 is 0 Å². The second-order valence-electron chi connectivity index (χ2n) is 5.28. The zero-order valence-electron chi connectivity index (χ0n) is 11.2. The molecule has 1 aliphatic heterocycles. The molecule has 0 spiro atoms. The third-order valence-corrected chi connectivity index (χ3v) is 3.71. The molecule has 3 atom stereocenters. The minimum Gasteiger partial charge on any atom is -0.311 e. The van der Waals surface area contributed by atoms with Crippen LogP contribution in [0.2, 0.25) is 0 Å². The van der Waals surface area contributed by atoms with Gasteiger partial charge in [0.2, 0.25) is 0 Å². The SMILES string of the molecule is C#CCC(C)N1CC(CC)NCC1C(C)C. The fraction of sp³-hybridized carbons (Fsp3) is 0.857. The van der Waals surface area contributed by atoms with Gasteiger partial charge in [-0.3, -0.25) is 4.90 Å². The lowest BCUT2D eigenvalue weighted by Crippen LogP contribution is -2.60. The van der Waals surface area contributed by atoms with Gasteiger partial charge < -0.3 is 5.32 Å². The lowest BCUT2D eigenvalue weighted by atomic mass is 9.95. The molecule has 1 saturated heterocycles. The zero-order valence-corrected chi connectivity index (χ0v) is 11.2. The molecule has 1 N–H and O–H groups in total. The first-order valence-electron chi connectivity index (χ1n) is 6.52. The van der Waals surface area contributed by atoms with Gasteiger partial charge in [0.1, 0.15) is 0 Å². The lowest BCUT2D eigenvalue weighted by molar-refractivity contribution is 0.0632. The fourth-order valence-corrected chi connectivity index (χ4v) is 2.55. The predicted octanol–water partition coefficient (Wildman–Crippen LogP) is 2.11. The first kappa shape index (κ1) is 13.5. The van der Waals surface area contributed by atoms with Crippen molar-refractivity contribution in [3.05, 3.63) is 0 Å². The van der Waals surface area contributed by atoms with E-state index < -0.39 is 0 Å². The lowest BCUT2D eigenvalue weighted by Gasteiger charge is -2.45. The van der Waals surface area contributed by atoms with Gasteiger partial charge in [0, 0.05) is 37.6 Å². The molecule has 0 aromatic rings. The number of rotatable bonds is 4. The van der Waals surface area contributed by atoms with E-state index in [0.29, 0.717) is 24.0 Å². The molecule has 0 radical (unpaired) electrons. The van der Waals surface area contributed by atoms with Crippen molar-refractivity contribution in [1.29, 1.82) is 0 Å². The summed E-state index contributed by atoms with van der Waals surface area (Å²) in [6, 6.07) is 1.77. The molecule has 0 aromatic heterocycles. The molecule has 1 rings (SSSR count). The molecule has 16 heavy (non-hydrogen) atoms. The highest BCUT2D eigenvalue weighted by Gasteiger charge is 2.31. The van der Waals surface area contributed by atoms with Gasteiger partial charge in [-0.05, 0) is 19.3 Å². The number of hydrogen-bond acceptors (Lipinski definition) is 2. The maximum Gasteiger partial charge on any atom is 0.0247 e. The van der Waals surface area contributed by atoms with E-state index in [1.165, 1.54) is 6.42 Å². The number of hydrogen-bond donors (Lipinski definition) is 1. The standard InChI is InChI=1S/C14H26N2/c1-6-8-12(5)16-10-13(7-2)15-9-14(16)11(3)4/h1,11-15H,7-10H2,2-5H3. The summed E-state index contributed by atoms with van der Waals surface area (Å²) in [5, 5.41) is 3.63. The summed E-state index contributed by atoms with van der Waals surface area (Å²) in [6.45, 7) is 11.3. The largest absolute Gasteiger partial charge is 0.311 e. The van der Waals surface area contributed by atoms with Crippen LogP contribution in [0.3, 0.4) is 0 Å². The zero-order chi connectivity index (χ0) is 12.1. The van der Waals surface area contributed by atoms with Crippen molar-refractivity contribution in [2.24, 2.45) is 5.92 Å². The third-order valence-electron chi connectivity index (χ3n) is 3.71. The van der Waals surface area contributed by atoms with Crippen molar-refractivity contribution in [2.45, 2.75) is 58.7 Å². The van der Waals surface area contributed by atoms with E-state index >= 15 is 0 Å². The number of nitrogens with zero attached hydrogens (tertiary/aromatic N) is 1. The van der Waals surface area contributed by atoms with Gasteiger partial charge in [0.05, 0.1) is 0 Å². The molecule has 0 saturated carbocycles. The van der Waals surface area contributed by atoms with Gasteiger partial charge in [-0.25, -0.2) is 0 Å². The molecule has 0 amide bonds. The van der Waals surface area contributed by atoms with Gasteiger partial charge in [-0.2, -0.15) is 0 Å². The van der Waals surface area contributed by atoms with Crippen LogP contribution in [-0.2, 0) is 0 Å². The highest BCUT2D eigenvalue weighted by molar-refractivity contribution is 4.95. The monoisotopic (exact) mass is 222 g/mol. The first-order valence-corrected chi connectivity index (χ1v) is 6.52. The minimum atomic E-state index is 0.508. The third kappa shape index (κ3) is 3.23. The Bertz CT molecular complexity index is 242. The summed E-state index contributed by atoms with van der Waals surface area (Å²) in [5.41, 5.74) is 0. The normalized spacial score (nSPS) is 29.0. The average Bonchev–Trinajstić information content (AvgIpc) is 2.28. The Kier molecular flexibility index (Phi) is 5.31. The Labute approximate surface area is 101 Å². The Balaban J connectivity index is 2.67. The molecule has 3 unspecified atom stereocenters. The molecular weight excluding hydrogens is 196 g/mol. The Morgan fingerprint density at radius 3 is 2.62 bits per heavy atom. The summed E-state index contributed by atoms with van der Waals surface area (Å²) >= 11 is 0. The molecule has 2 heteroatoms. The van der Waals surface area contributed by atoms with Crippen LogP contribution in [0, 0.1) is 18.3 Å². The Hall–Kier alpha value is -0.520. The number of piperazine rings is 1. The summed E-state index contributed by atoms with van der Waals surface area (Å²) in [5.74, 6) is 3.48. The average molecular weight is 222 g/mol. The van der Waals surface area contributed by atoms with E-state index in [2.05, 4.69) is 43.8 Å². The van der Waals surface area contributed by atoms with Crippen LogP contribution in [-0.4, -0.2) is 36.1 Å². The van der Waals surface area contributed by atoms with Crippen molar-refractivity contribution in [3.63, 3.8) is 0 Å². The maximum atomic E-state index is 5.43. The van der Waals surface area contributed by atoms with E-state index in [-0.39, 0.29) is 0 Å². The van der Waals surface area contributed by atoms with Crippen molar-refractivity contribution in [1.82, 2.24) is 10.2 Å². The quantitative estimate of drug-likeness (QED) is 0.733. The number of terminal acetylenes is 1. The van der Waals surface area contributed by atoms with Gasteiger partial charge in [0.15, 0.2) is 0 Å². The van der Waals surface area contributed by atoms with E-state index in [9.17, 15) is 0 Å². The summed E-state index contributed by atoms with van der Waals surface area (Å²) in [7, 11) is 0. The van der Waals surface area contributed by atoms with E-state index in [0.717, 1.165) is 19.5 Å². The van der Waals surface area contributed by atoms with E-state index in [1.54, 1.807) is 0 Å². The molecule has 1 heterocycles. The van der Waals surface area contributed by atoms with Crippen molar-refractivity contribution >= 4 is 0 Å². The summed E-state index contributed by atoms with van der Waals surface area (Å²) < 4.78 is 0. The molecule has 0 aromatic carbocycles. The minimum absolute atomic E-state index is 0.508. The second-order valence-corrected chi connectivity index (χ2v) is 5.28. The van der Waals surface area contributed by atoms with Crippen LogP contribution in [0.1, 0.15) is 40.5 Å². The van der Waals surface area contributed by atoms with Crippen LogP contribution in [0.5, 0.6) is 0 Å². The first-order chi connectivity index (χ1) is 7.60. The molecule has 0 aliphatic carbocycles. The van der Waals surface area contributed by atoms with Crippen molar-refractivity contribution in [2.75, 3.05) is 13.1 Å².